The Hall–Kier alpha value is -0.810. The molecule has 1 N–H and O–H groups in total. The summed E-state index contributed by atoms with van der Waals surface area (Å²) >= 11 is 0. The van der Waals surface area contributed by atoms with Crippen LogP contribution in [0.1, 0.15) is 25.7 Å². The molecule has 5 nitrogen and oxygen atoms in total. The number of ether oxygens (including phenoxy) is 2. The lowest BCUT2D eigenvalue weighted by Gasteiger charge is -2.36. The molecule has 0 aromatic carbocycles. The molecule has 2 atom stereocenters. The van der Waals surface area contributed by atoms with Crippen molar-refractivity contribution < 1.29 is 14.3 Å². The average Bonchev–Trinajstić information content (AvgIpc) is 3.31. The molecule has 0 aromatic heterocycles. The first-order valence-corrected chi connectivity index (χ1v) is 7.43. The van der Waals surface area contributed by atoms with Crippen LogP contribution in [-0.4, -0.2) is 56.5 Å². The van der Waals surface area contributed by atoms with Crippen LogP contribution in [0, 0.1) is 11.8 Å². The number of nitrogens with one attached hydrogen (secondary N) is 1. The predicted molar refractivity (Wildman–Crippen MR) is 71.0 cm³/mol. The van der Waals surface area contributed by atoms with Gasteiger partial charge >= 0.3 is 6.03 Å². The Bertz CT molecular complexity index is 329. The number of carbonyl (C=O) groups is 1. The maximum Gasteiger partial charge on any atom is 0.318 e. The zero-order chi connectivity index (χ0) is 13.2. The molecule has 3 aliphatic rings. The van der Waals surface area contributed by atoms with Crippen molar-refractivity contribution in [3.8, 4) is 0 Å². The first-order valence-electron chi connectivity index (χ1n) is 7.43. The molecule has 0 unspecified atom stereocenters. The number of nitrogens with zero attached hydrogens (tertiary/aromatic N) is 1. The number of urea groups is 1. The van der Waals surface area contributed by atoms with Gasteiger partial charge in [-0.05, 0) is 37.5 Å². The van der Waals surface area contributed by atoms with Crippen molar-refractivity contribution in [1.29, 1.82) is 0 Å². The third kappa shape index (κ3) is 3.20. The lowest BCUT2D eigenvalue weighted by Crippen LogP contribution is -2.56. The molecule has 2 saturated carbocycles. The second kappa shape index (κ2) is 5.67. The highest BCUT2D eigenvalue weighted by Crippen LogP contribution is 2.37. The molecule has 2 amide bonds. The first kappa shape index (κ1) is 13.2. The first-order chi connectivity index (χ1) is 9.29. The normalized spacial score (nSPS) is 29.1. The number of rotatable bonds is 5. The van der Waals surface area contributed by atoms with E-state index in [1.54, 1.807) is 7.11 Å². The van der Waals surface area contributed by atoms with E-state index < -0.39 is 0 Å². The van der Waals surface area contributed by atoms with Gasteiger partial charge in [0, 0.05) is 13.7 Å². The van der Waals surface area contributed by atoms with Crippen LogP contribution in [0.15, 0.2) is 0 Å². The van der Waals surface area contributed by atoms with Crippen molar-refractivity contribution in [3.05, 3.63) is 0 Å². The topological polar surface area (TPSA) is 50.8 Å². The Morgan fingerprint density at radius 3 is 2.84 bits per heavy atom. The van der Waals surface area contributed by atoms with Gasteiger partial charge in [-0.15, -0.1) is 0 Å². The second-order valence-electron chi connectivity index (χ2n) is 6.02. The van der Waals surface area contributed by atoms with E-state index in [0.717, 1.165) is 6.54 Å². The Morgan fingerprint density at radius 2 is 2.21 bits per heavy atom. The monoisotopic (exact) mass is 268 g/mol. The van der Waals surface area contributed by atoms with E-state index >= 15 is 0 Å². The summed E-state index contributed by atoms with van der Waals surface area (Å²) in [6.07, 6.45) is 4.90. The summed E-state index contributed by atoms with van der Waals surface area (Å²) in [5, 5.41) is 3.17. The molecule has 1 aliphatic heterocycles. The molecule has 19 heavy (non-hydrogen) atoms. The van der Waals surface area contributed by atoms with Gasteiger partial charge in [0.25, 0.3) is 0 Å². The van der Waals surface area contributed by atoms with Gasteiger partial charge in [-0.2, -0.15) is 0 Å². The predicted octanol–water partition coefficient (Wildman–Crippen LogP) is 1.23. The maximum absolute atomic E-state index is 12.5. The van der Waals surface area contributed by atoms with E-state index in [2.05, 4.69) is 5.32 Å². The largest absolute Gasteiger partial charge is 0.383 e. The molecular weight excluding hydrogens is 244 g/mol. The van der Waals surface area contributed by atoms with Crippen LogP contribution < -0.4 is 5.32 Å². The summed E-state index contributed by atoms with van der Waals surface area (Å²) < 4.78 is 10.8. The zero-order valence-corrected chi connectivity index (χ0v) is 11.6. The Labute approximate surface area is 114 Å². The molecule has 1 heterocycles. The number of morpholine rings is 1. The number of carbonyl (C=O) groups excluding carboxylic acids is 1. The number of amides is 2. The van der Waals surface area contributed by atoms with Gasteiger partial charge in [-0.3, -0.25) is 0 Å². The zero-order valence-electron chi connectivity index (χ0n) is 11.6. The van der Waals surface area contributed by atoms with Crippen molar-refractivity contribution in [3.63, 3.8) is 0 Å². The van der Waals surface area contributed by atoms with Crippen molar-refractivity contribution in [2.24, 2.45) is 11.8 Å². The minimum Gasteiger partial charge on any atom is -0.383 e. The average molecular weight is 268 g/mol. The quantitative estimate of drug-likeness (QED) is 0.816. The second-order valence-corrected chi connectivity index (χ2v) is 6.02. The van der Waals surface area contributed by atoms with Crippen LogP contribution in [0.5, 0.6) is 0 Å². The SMILES string of the molecule is COC[C@@H](NC(=O)N1CCOC[C@H]1C1CC1)C1CC1. The minimum absolute atomic E-state index is 0.0779. The lowest BCUT2D eigenvalue weighted by molar-refractivity contribution is 0.00325. The summed E-state index contributed by atoms with van der Waals surface area (Å²) in [5.74, 6) is 1.28. The van der Waals surface area contributed by atoms with Gasteiger partial charge in [-0.1, -0.05) is 0 Å². The molecule has 0 radical (unpaired) electrons. The Kier molecular flexibility index (Phi) is 3.93. The number of methoxy groups -OCH3 is 1. The van der Waals surface area contributed by atoms with Crippen LogP contribution in [0.3, 0.4) is 0 Å². The van der Waals surface area contributed by atoms with Gasteiger partial charge in [-0.25, -0.2) is 4.79 Å². The van der Waals surface area contributed by atoms with E-state index in [9.17, 15) is 4.79 Å². The van der Waals surface area contributed by atoms with E-state index in [1.807, 2.05) is 4.90 Å². The molecule has 2 aliphatic carbocycles. The molecule has 0 bridgehead atoms. The van der Waals surface area contributed by atoms with Gasteiger partial charge in [0.15, 0.2) is 0 Å². The molecule has 0 spiro atoms. The molecule has 0 aromatic rings. The van der Waals surface area contributed by atoms with Crippen LogP contribution in [0.4, 0.5) is 4.79 Å². The Balaban J connectivity index is 1.57. The maximum atomic E-state index is 12.5. The van der Waals surface area contributed by atoms with Crippen LogP contribution in [0.2, 0.25) is 0 Å². The van der Waals surface area contributed by atoms with Crippen molar-refractivity contribution in [2.45, 2.75) is 37.8 Å². The summed E-state index contributed by atoms with van der Waals surface area (Å²) in [6, 6.07) is 0.547. The number of hydrogen-bond donors (Lipinski definition) is 1. The summed E-state index contributed by atoms with van der Waals surface area (Å²) in [5.41, 5.74) is 0. The molecular formula is C14H24N2O3. The molecule has 3 fully saturated rings. The van der Waals surface area contributed by atoms with Crippen molar-refractivity contribution >= 4 is 6.03 Å². The molecule has 108 valence electrons. The van der Waals surface area contributed by atoms with Crippen molar-refractivity contribution in [1.82, 2.24) is 10.2 Å². The van der Waals surface area contributed by atoms with Gasteiger partial charge in [0.2, 0.25) is 0 Å². The highest BCUT2D eigenvalue weighted by atomic mass is 16.5. The van der Waals surface area contributed by atoms with Gasteiger partial charge in [0.1, 0.15) is 0 Å². The fourth-order valence-electron chi connectivity index (χ4n) is 2.96. The van der Waals surface area contributed by atoms with Gasteiger partial charge in [0.05, 0.1) is 31.9 Å². The minimum atomic E-state index is 0.0779. The fourth-order valence-corrected chi connectivity index (χ4v) is 2.96. The molecule has 5 heteroatoms. The highest BCUT2D eigenvalue weighted by Gasteiger charge is 2.40. The molecule has 1 saturated heterocycles. The highest BCUT2D eigenvalue weighted by molar-refractivity contribution is 5.75. The summed E-state index contributed by atoms with van der Waals surface area (Å²) in [6.45, 7) is 2.71. The van der Waals surface area contributed by atoms with Crippen LogP contribution in [-0.2, 0) is 9.47 Å². The number of hydrogen-bond acceptors (Lipinski definition) is 3. The van der Waals surface area contributed by atoms with E-state index in [-0.39, 0.29) is 18.1 Å². The van der Waals surface area contributed by atoms with Crippen molar-refractivity contribution in [2.75, 3.05) is 33.5 Å². The fraction of sp³-hybridized carbons (Fsp3) is 0.929. The Morgan fingerprint density at radius 1 is 1.42 bits per heavy atom. The van der Waals surface area contributed by atoms with E-state index in [0.29, 0.717) is 31.7 Å². The van der Waals surface area contributed by atoms with Crippen LogP contribution >= 0.6 is 0 Å². The third-order valence-electron chi connectivity index (χ3n) is 4.44. The van der Waals surface area contributed by atoms with E-state index in [1.165, 1.54) is 25.7 Å². The van der Waals surface area contributed by atoms with E-state index in [4.69, 9.17) is 9.47 Å². The third-order valence-corrected chi connectivity index (χ3v) is 4.44. The lowest BCUT2D eigenvalue weighted by atomic mass is 10.1. The smallest absolute Gasteiger partial charge is 0.318 e. The van der Waals surface area contributed by atoms with Crippen LogP contribution in [0.25, 0.3) is 0 Å². The summed E-state index contributed by atoms with van der Waals surface area (Å²) in [4.78, 5) is 14.5. The van der Waals surface area contributed by atoms with Gasteiger partial charge < -0.3 is 19.7 Å². The standard InChI is InChI=1S/C14H24N2O3/c1-18-8-12(10-2-3-10)15-14(17)16-6-7-19-9-13(16)11-4-5-11/h10-13H,2-9H2,1H3,(H,15,17)/t12-,13+/m1/s1. The summed E-state index contributed by atoms with van der Waals surface area (Å²) in [7, 11) is 1.70. The molecule has 3 rings (SSSR count).